The minimum Gasteiger partial charge on any atom is -0.462 e. The molecule has 0 aromatic carbocycles. The average molecular weight is 1150 g/mol. The molecule has 0 aromatic rings. The minimum atomic E-state index is -0.783. The van der Waals surface area contributed by atoms with E-state index in [1.54, 1.807) is 0 Å². The SMILES string of the molecule is CC/C=C\C/C=C\C/C=C\C/C=C\C/C=C\C/C=C\C/C=C\CCCCCCCCCCCCCCCC(=O)OCC(COC(=O)CCCCCCC/C=C\C/C=C\CCCC)OC(=O)CCCCCCCCCCCCCCCCCC. The van der Waals surface area contributed by atoms with Gasteiger partial charge in [-0.25, -0.2) is 0 Å². The molecule has 0 amide bonds. The summed E-state index contributed by atoms with van der Waals surface area (Å²) in [5.74, 6) is -0.879. The van der Waals surface area contributed by atoms with Crippen LogP contribution in [0, 0.1) is 0 Å². The third-order valence-corrected chi connectivity index (χ3v) is 15.3. The van der Waals surface area contributed by atoms with Crippen LogP contribution in [-0.4, -0.2) is 37.2 Å². The summed E-state index contributed by atoms with van der Waals surface area (Å²) in [7, 11) is 0. The van der Waals surface area contributed by atoms with Crippen molar-refractivity contribution in [3.05, 3.63) is 109 Å². The lowest BCUT2D eigenvalue weighted by molar-refractivity contribution is -0.167. The fourth-order valence-corrected chi connectivity index (χ4v) is 9.97. The van der Waals surface area contributed by atoms with E-state index < -0.39 is 6.10 Å². The zero-order valence-electron chi connectivity index (χ0n) is 54.7. The first-order valence-electron chi connectivity index (χ1n) is 35.4. The van der Waals surface area contributed by atoms with Crippen molar-refractivity contribution in [2.24, 2.45) is 0 Å². The van der Waals surface area contributed by atoms with Crippen molar-refractivity contribution in [3.63, 3.8) is 0 Å². The van der Waals surface area contributed by atoms with Crippen LogP contribution in [-0.2, 0) is 28.6 Å². The van der Waals surface area contributed by atoms with Gasteiger partial charge in [0.05, 0.1) is 0 Å². The number of hydrogen-bond acceptors (Lipinski definition) is 6. The number of hydrogen-bond donors (Lipinski definition) is 0. The molecule has 0 rings (SSSR count). The second-order valence-corrected chi connectivity index (χ2v) is 23.4. The van der Waals surface area contributed by atoms with Gasteiger partial charge in [0.25, 0.3) is 0 Å². The lowest BCUT2D eigenvalue weighted by atomic mass is 10.0. The van der Waals surface area contributed by atoms with Crippen LogP contribution in [0.25, 0.3) is 0 Å². The van der Waals surface area contributed by atoms with Crippen LogP contribution in [0.4, 0.5) is 0 Å². The highest BCUT2D eigenvalue weighted by Gasteiger charge is 2.19. The van der Waals surface area contributed by atoms with Crippen molar-refractivity contribution in [2.75, 3.05) is 13.2 Å². The maximum absolute atomic E-state index is 12.9. The van der Waals surface area contributed by atoms with Gasteiger partial charge in [-0.3, -0.25) is 14.4 Å². The summed E-state index contributed by atoms with van der Waals surface area (Å²) in [4.78, 5) is 38.4. The highest BCUT2D eigenvalue weighted by atomic mass is 16.6. The van der Waals surface area contributed by atoms with Gasteiger partial charge in [0, 0.05) is 19.3 Å². The molecule has 476 valence electrons. The topological polar surface area (TPSA) is 78.9 Å². The lowest BCUT2D eigenvalue weighted by Crippen LogP contribution is -2.30. The Bertz CT molecular complexity index is 1660. The van der Waals surface area contributed by atoms with Crippen LogP contribution in [0.3, 0.4) is 0 Å². The number of ether oxygens (including phenoxy) is 3. The largest absolute Gasteiger partial charge is 0.462 e. The van der Waals surface area contributed by atoms with Crippen LogP contribution in [0.5, 0.6) is 0 Å². The number of esters is 3. The molecule has 0 aliphatic carbocycles. The molecule has 1 unspecified atom stereocenters. The Hall–Kier alpha value is -3.93. The molecule has 83 heavy (non-hydrogen) atoms. The third-order valence-electron chi connectivity index (χ3n) is 15.3. The van der Waals surface area contributed by atoms with Crippen LogP contribution in [0.2, 0.25) is 0 Å². The Labute approximate surface area is 514 Å². The molecule has 0 aliphatic rings. The maximum atomic E-state index is 12.9. The molecule has 0 saturated heterocycles. The molecule has 1 atom stereocenters. The van der Waals surface area contributed by atoms with E-state index in [2.05, 4.69) is 130 Å². The number of rotatable bonds is 64. The average Bonchev–Trinajstić information content (AvgIpc) is 3.49. The molecule has 6 heteroatoms. The van der Waals surface area contributed by atoms with Crippen molar-refractivity contribution in [1.82, 2.24) is 0 Å². The van der Waals surface area contributed by atoms with Gasteiger partial charge in [0.15, 0.2) is 6.10 Å². The number of allylic oxidation sites excluding steroid dienone is 18. The zero-order chi connectivity index (χ0) is 59.9. The number of unbranched alkanes of at least 4 members (excludes halogenated alkanes) is 35. The van der Waals surface area contributed by atoms with Gasteiger partial charge in [-0.1, -0.05) is 329 Å². The normalized spacial score (nSPS) is 12.8. The van der Waals surface area contributed by atoms with Crippen molar-refractivity contribution in [1.29, 1.82) is 0 Å². The Morgan fingerprint density at radius 2 is 0.482 bits per heavy atom. The Balaban J connectivity index is 4.20. The van der Waals surface area contributed by atoms with E-state index in [9.17, 15) is 14.4 Å². The first-order valence-corrected chi connectivity index (χ1v) is 35.4. The highest BCUT2D eigenvalue weighted by molar-refractivity contribution is 5.71. The number of carbonyl (C=O) groups is 3. The van der Waals surface area contributed by atoms with E-state index in [0.29, 0.717) is 19.3 Å². The molecule has 0 fully saturated rings. The molecule has 0 aromatic heterocycles. The van der Waals surface area contributed by atoms with Gasteiger partial charge in [-0.2, -0.15) is 0 Å². The summed E-state index contributed by atoms with van der Waals surface area (Å²) in [6.07, 6.45) is 96.9. The molecule has 0 aliphatic heterocycles. The van der Waals surface area contributed by atoms with Crippen molar-refractivity contribution >= 4 is 17.9 Å². The predicted octanol–water partition coefficient (Wildman–Crippen LogP) is 24.6. The van der Waals surface area contributed by atoms with Crippen molar-refractivity contribution in [3.8, 4) is 0 Å². The summed E-state index contributed by atoms with van der Waals surface area (Å²) in [5.41, 5.74) is 0. The predicted molar refractivity (Wildman–Crippen MR) is 362 cm³/mol. The maximum Gasteiger partial charge on any atom is 0.306 e. The van der Waals surface area contributed by atoms with Gasteiger partial charge in [-0.05, 0) is 103 Å². The van der Waals surface area contributed by atoms with Crippen molar-refractivity contribution < 1.29 is 28.6 Å². The van der Waals surface area contributed by atoms with Gasteiger partial charge in [0.2, 0.25) is 0 Å². The standard InChI is InChI=1S/C77H132O6/c1-4-7-10-13-16-19-22-25-28-30-31-32-33-34-35-36-37-38-39-40-41-42-43-44-45-46-47-48-50-52-55-58-61-64-67-70-76(79)82-73-74(72-81-75(78)69-66-63-60-57-54-51-27-24-21-18-15-12-9-6-3)83-77(80)71-68-65-62-59-56-53-49-29-26-23-20-17-14-11-8-5-2/h7,10,15-16,18-19,24-25,27-28,31-32,34-35,37-38,40-41,74H,4-6,8-9,11-14,17,20-23,26,29-30,33,36,39,42-73H2,1-3H3/b10-7-,18-15-,19-16-,27-24-,28-25-,32-31-,35-34-,38-37-,41-40-. The molecule has 0 heterocycles. The molecule has 0 N–H and O–H groups in total. The van der Waals surface area contributed by atoms with Gasteiger partial charge < -0.3 is 14.2 Å². The summed E-state index contributed by atoms with van der Waals surface area (Å²) >= 11 is 0. The van der Waals surface area contributed by atoms with Crippen molar-refractivity contribution in [2.45, 2.75) is 348 Å². The van der Waals surface area contributed by atoms with E-state index >= 15 is 0 Å². The van der Waals surface area contributed by atoms with E-state index in [0.717, 1.165) is 122 Å². The van der Waals surface area contributed by atoms with Crippen LogP contribution in [0.1, 0.15) is 342 Å². The first-order chi connectivity index (χ1) is 41.0. The lowest BCUT2D eigenvalue weighted by Gasteiger charge is -2.18. The Kier molecular flexibility index (Phi) is 67.2. The minimum absolute atomic E-state index is 0.0793. The molecule has 0 bridgehead atoms. The smallest absolute Gasteiger partial charge is 0.306 e. The summed E-state index contributed by atoms with van der Waals surface area (Å²) in [6.45, 7) is 6.51. The first kappa shape index (κ1) is 79.1. The fourth-order valence-electron chi connectivity index (χ4n) is 9.97. The zero-order valence-corrected chi connectivity index (χ0v) is 54.7. The molecular formula is C77H132O6. The summed E-state index contributed by atoms with van der Waals surface area (Å²) in [6, 6.07) is 0. The Morgan fingerprint density at radius 3 is 0.771 bits per heavy atom. The third kappa shape index (κ3) is 68.7. The van der Waals surface area contributed by atoms with Gasteiger partial charge >= 0.3 is 17.9 Å². The number of carbonyl (C=O) groups excluding carboxylic acids is 3. The Morgan fingerprint density at radius 1 is 0.253 bits per heavy atom. The second kappa shape index (κ2) is 70.6. The van der Waals surface area contributed by atoms with Crippen LogP contribution in [0.15, 0.2) is 109 Å². The quantitative estimate of drug-likeness (QED) is 0.0261. The highest BCUT2D eigenvalue weighted by Crippen LogP contribution is 2.17. The molecule has 6 nitrogen and oxygen atoms in total. The summed E-state index contributed by atoms with van der Waals surface area (Å²) < 4.78 is 17.0. The molecule has 0 saturated carbocycles. The van der Waals surface area contributed by atoms with Crippen LogP contribution >= 0.6 is 0 Å². The molecule has 0 radical (unpaired) electrons. The van der Waals surface area contributed by atoms with Gasteiger partial charge in [0.1, 0.15) is 13.2 Å². The fraction of sp³-hybridized carbons (Fsp3) is 0.727. The summed E-state index contributed by atoms with van der Waals surface area (Å²) in [5, 5.41) is 0. The van der Waals surface area contributed by atoms with Gasteiger partial charge in [-0.15, -0.1) is 0 Å². The monoisotopic (exact) mass is 1150 g/mol. The molecular weight excluding hydrogens is 1020 g/mol. The van der Waals surface area contributed by atoms with E-state index in [1.807, 2.05) is 0 Å². The van der Waals surface area contributed by atoms with E-state index in [4.69, 9.17) is 14.2 Å². The molecule has 0 spiro atoms. The second-order valence-electron chi connectivity index (χ2n) is 23.4. The van der Waals surface area contributed by atoms with E-state index in [1.165, 1.54) is 180 Å². The van der Waals surface area contributed by atoms with Crippen LogP contribution < -0.4 is 0 Å². The van der Waals surface area contributed by atoms with E-state index in [-0.39, 0.29) is 31.1 Å².